The molecule has 2 heteroatoms. The maximum Gasteiger partial charge on any atom is 0.0189 e. The van der Waals surface area contributed by atoms with Crippen LogP contribution in [0.3, 0.4) is 0 Å². The molecule has 20 heavy (non-hydrogen) atoms. The van der Waals surface area contributed by atoms with Gasteiger partial charge in [0.15, 0.2) is 0 Å². The van der Waals surface area contributed by atoms with Gasteiger partial charge in [-0.05, 0) is 30.9 Å². The Morgan fingerprint density at radius 3 is 1.60 bits per heavy atom. The number of benzene rings is 2. The SMILES string of the molecule is CC(N)C(N)CCC(c1ccccc1)c1ccccc1. The highest BCUT2D eigenvalue weighted by Crippen LogP contribution is 2.29. The van der Waals surface area contributed by atoms with Gasteiger partial charge in [-0.1, -0.05) is 60.7 Å². The maximum absolute atomic E-state index is 6.10. The molecule has 2 unspecified atom stereocenters. The number of rotatable bonds is 6. The van der Waals surface area contributed by atoms with Crippen LogP contribution in [0.1, 0.15) is 36.8 Å². The fraction of sp³-hybridized carbons (Fsp3) is 0.333. The van der Waals surface area contributed by atoms with Gasteiger partial charge in [-0.3, -0.25) is 0 Å². The monoisotopic (exact) mass is 268 g/mol. The Balaban J connectivity index is 2.17. The predicted octanol–water partition coefficient (Wildman–Crippen LogP) is 3.27. The zero-order chi connectivity index (χ0) is 14.4. The third kappa shape index (κ3) is 3.92. The zero-order valence-corrected chi connectivity index (χ0v) is 12.1. The van der Waals surface area contributed by atoms with E-state index in [1.807, 2.05) is 6.92 Å². The first kappa shape index (κ1) is 14.8. The summed E-state index contributed by atoms with van der Waals surface area (Å²) in [5, 5.41) is 0. The smallest absolute Gasteiger partial charge is 0.0189 e. The van der Waals surface area contributed by atoms with Gasteiger partial charge in [0, 0.05) is 18.0 Å². The molecule has 2 atom stereocenters. The summed E-state index contributed by atoms with van der Waals surface area (Å²) in [5.74, 6) is 0.391. The van der Waals surface area contributed by atoms with Crippen molar-refractivity contribution in [3.8, 4) is 0 Å². The van der Waals surface area contributed by atoms with E-state index in [-0.39, 0.29) is 12.1 Å². The van der Waals surface area contributed by atoms with Crippen LogP contribution in [0.25, 0.3) is 0 Å². The van der Waals surface area contributed by atoms with Gasteiger partial charge in [-0.25, -0.2) is 0 Å². The molecule has 106 valence electrons. The third-order valence-electron chi connectivity index (χ3n) is 3.87. The Morgan fingerprint density at radius 2 is 1.20 bits per heavy atom. The topological polar surface area (TPSA) is 52.0 Å². The molecule has 2 nitrogen and oxygen atoms in total. The second-order valence-corrected chi connectivity index (χ2v) is 5.47. The van der Waals surface area contributed by atoms with Crippen LogP contribution in [0.2, 0.25) is 0 Å². The van der Waals surface area contributed by atoms with Crippen LogP contribution in [0, 0.1) is 0 Å². The largest absolute Gasteiger partial charge is 0.327 e. The summed E-state index contributed by atoms with van der Waals surface area (Å²) in [5.41, 5.74) is 14.7. The molecular formula is C18H24N2. The summed E-state index contributed by atoms with van der Waals surface area (Å²) in [4.78, 5) is 0. The first-order valence-corrected chi connectivity index (χ1v) is 7.29. The van der Waals surface area contributed by atoms with Crippen molar-refractivity contribution in [2.75, 3.05) is 0 Å². The minimum Gasteiger partial charge on any atom is -0.327 e. The van der Waals surface area contributed by atoms with E-state index < -0.39 is 0 Å². The van der Waals surface area contributed by atoms with E-state index in [4.69, 9.17) is 11.5 Å². The fourth-order valence-electron chi connectivity index (χ4n) is 2.52. The molecule has 0 spiro atoms. The standard InChI is InChI=1S/C18H24N2/c1-14(19)18(20)13-12-17(15-8-4-2-5-9-15)16-10-6-3-7-11-16/h2-11,14,17-18H,12-13,19-20H2,1H3. The third-order valence-corrected chi connectivity index (χ3v) is 3.87. The molecule has 0 radical (unpaired) electrons. The van der Waals surface area contributed by atoms with Gasteiger partial charge in [0.25, 0.3) is 0 Å². The van der Waals surface area contributed by atoms with Gasteiger partial charge >= 0.3 is 0 Å². The predicted molar refractivity (Wildman–Crippen MR) is 85.6 cm³/mol. The number of hydrogen-bond acceptors (Lipinski definition) is 2. The fourth-order valence-corrected chi connectivity index (χ4v) is 2.52. The Kier molecular flexibility index (Phi) is 5.33. The minimum atomic E-state index is 0.0437. The van der Waals surface area contributed by atoms with Crippen LogP contribution in [0.5, 0.6) is 0 Å². The lowest BCUT2D eigenvalue weighted by molar-refractivity contribution is 0.491. The van der Waals surface area contributed by atoms with E-state index in [1.54, 1.807) is 0 Å². The first-order valence-electron chi connectivity index (χ1n) is 7.29. The van der Waals surface area contributed by atoms with Crippen molar-refractivity contribution < 1.29 is 0 Å². The molecular weight excluding hydrogens is 244 g/mol. The van der Waals surface area contributed by atoms with Crippen LogP contribution in [-0.4, -0.2) is 12.1 Å². The molecule has 0 fully saturated rings. The summed E-state index contributed by atoms with van der Waals surface area (Å²) < 4.78 is 0. The highest BCUT2D eigenvalue weighted by Gasteiger charge is 2.16. The van der Waals surface area contributed by atoms with Gasteiger partial charge in [0.05, 0.1) is 0 Å². The van der Waals surface area contributed by atoms with Gasteiger partial charge in [0.1, 0.15) is 0 Å². The molecule has 2 aromatic rings. The van der Waals surface area contributed by atoms with Crippen molar-refractivity contribution >= 4 is 0 Å². The lowest BCUT2D eigenvalue weighted by Crippen LogP contribution is -2.39. The molecule has 2 rings (SSSR count). The Hall–Kier alpha value is -1.64. The lowest BCUT2D eigenvalue weighted by Gasteiger charge is -2.22. The van der Waals surface area contributed by atoms with Crippen molar-refractivity contribution in [2.24, 2.45) is 11.5 Å². The first-order chi connectivity index (χ1) is 9.68. The van der Waals surface area contributed by atoms with Crippen molar-refractivity contribution in [2.45, 2.75) is 37.8 Å². The van der Waals surface area contributed by atoms with Crippen molar-refractivity contribution in [1.29, 1.82) is 0 Å². The van der Waals surface area contributed by atoms with Gasteiger partial charge in [-0.2, -0.15) is 0 Å². The Labute approximate surface area is 121 Å². The summed E-state index contributed by atoms with van der Waals surface area (Å²) in [6.07, 6.45) is 1.96. The zero-order valence-electron chi connectivity index (χ0n) is 12.1. The highest BCUT2D eigenvalue weighted by atomic mass is 14.8. The molecule has 0 amide bonds. The summed E-state index contributed by atoms with van der Waals surface area (Å²) in [6, 6.07) is 21.3. The van der Waals surface area contributed by atoms with Gasteiger partial charge < -0.3 is 11.5 Å². The average molecular weight is 268 g/mol. The second kappa shape index (κ2) is 7.22. The molecule has 0 saturated carbocycles. The van der Waals surface area contributed by atoms with Crippen LogP contribution in [-0.2, 0) is 0 Å². The molecule has 0 saturated heterocycles. The van der Waals surface area contributed by atoms with Crippen molar-refractivity contribution in [3.05, 3.63) is 71.8 Å². The van der Waals surface area contributed by atoms with Crippen LogP contribution in [0.15, 0.2) is 60.7 Å². The molecule has 0 aliphatic carbocycles. The molecule has 2 aromatic carbocycles. The highest BCUT2D eigenvalue weighted by molar-refractivity contribution is 5.32. The van der Waals surface area contributed by atoms with E-state index in [2.05, 4.69) is 60.7 Å². The maximum atomic E-state index is 6.10. The van der Waals surface area contributed by atoms with Gasteiger partial charge in [0.2, 0.25) is 0 Å². The molecule has 0 heterocycles. The molecule has 0 bridgehead atoms. The Bertz CT molecular complexity index is 454. The minimum absolute atomic E-state index is 0.0437. The lowest BCUT2D eigenvalue weighted by atomic mass is 9.86. The van der Waals surface area contributed by atoms with Crippen LogP contribution >= 0.6 is 0 Å². The Morgan fingerprint density at radius 1 is 0.750 bits per heavy atom. The summed E-state index contributed by atoms with van der Waals surface area (Å²) in [7, 11) is 0. The van der Waals surface area contributed by atoms with E-state index >= 15 is 0 Å². The van der Waals surface area contributed by atoms with Crippen LogP contribution in [0.4, 0.5) is 0 Å². The van der Waals surface area contributed by atoms with Crippen molar-refractivity contribution in [1.82, 2.24) is 0 Å². The molecule has 4 N–H and O–H groups in total. The normalized spacial score (nSPS) is 14.2. The summed E-state index contributed by atoms with van der Waals surface area (Å²) in [6.45, 7) is 1.98. The van der Waals surface area contributed by atoms with Crippen LogP contribution < -0.4 is 11.5 Å². The number of nitrogens with two attached hydrogens (primary N) is 2. The van der Waals surface area contributed by atoms with E-state index in [0.29, 0.717) is 5.92 Å². The quantitative estimate of drug-likeness (QED) is 0.844. The molecule has 0 aromatic heterocycles. The van der Waals surface area contributed by atoms with E-state index in [0.717, 1.165) is 12.8 Å². The summed E-state index contributed by atoms with van der Waals surface area (Å²) >= 11 is 0. The average Bonchev–Trinajstić information content (AvgIpc) is 2.49. The molecule has 0 aliphatic heterocycles. The van der Waals surface area contributed by atoms with Crippen molar-refractivity contribution in [3.63, 3.8) is 0 Å². The second-order valence-electron chi connectivity index (χ2n) is 5.47. The van der Waals surface area contributed by atoms with E-state index in [9.17, 15) is 0 Å². The molecule has 0 aliphatic rings. The van der Waals surface area contributed by atoms with Gasteiger partial charge in [-0.15, -0.1) is 0 Å². The number of hydrogen-bond donors (Lipinski definition) is 2. The van der Waals surface area contributed by atoms with E-state index in [1.165, 1.54) is 11.1 Å².